The van der Waals surface area contributed by atoms with Gasteiger partial charge in [0, 0.05) is 18.7 Å². The summed E-state index contributed by atoms with van der Waals surface area (Å²) in [5.74, 6) is 0.109. The van der Waals surface area contributed by atoms with Crippen LogP contribution in [0.5, 0.6) is 0 Å². The third-order valence-corrected chi connectivity index (χ3v) is 3.72. The van der Waals surface area contributed by atoms with E-state index < -0.39 is 0 Å². The summed E-state index contributed by atoms with van der Waals surface area (Å²) < 4.78 is 0. The van der Waals surface area contributed by atoms with E-state index >= 15 is 0 Å². The molecule has 3 nitrogen and oxygen atoms in total. The van der Waals surface area contributed by atoms with Crippen LogP contribution in [0.2, 0.25) is 5.02 Å². The molecule has 0 spiro atoms. The molecular weight excluding hydrogens is 284 g/mol. The zero-order chi connectivity index (χ0) is 15.2. The maximum absolute atomic E-state index is 12.4. The van der Waals surface area contributed by atoms with Crippen LogP contribution in [-0.2, 0) is 11.2 Å². The Labute approximate surface area is 130 Å². The molecule has 0 aromatic heterocycles. The number of hydrogen-bond donors (Lipinski definition) is 1. The summed E-state index contributed by atoms with van der Waals surface area (Å²) in [5, 5.41) is 0.546. The fourth-order valence-electron chi connectivity index (χ4n) is 2.25. The monoisotopic (exact) mass is 302 g/mol. The lowest BCUT2D eigenvalue weighted by Crippen LogP contribution is -2.30. The molecule has 0 radical (unpaired) electrons. The van der Waals surface area contributed by atoms with Gasteiger partial charge in [-0.3, -0.25) is 4.79 Å². The minimum absolute atomic E-state index is 0.109. The summed E-state index contributed by atoms with van der Waals surface area (Å²) in [6, 6.07) is 15.2. The Morgan fingerprint density at radius 1 is 1.19 bits per heavy atom. The molecule has 2 N–H and O–H groups in total. The first kappa shape index (κ1) is 15.4. The predicted octanol–water partition coefficient (Wildman–Crippen LogP) is 3.91. The first-order valence-electron chi connectivity index (χ1n) is 7.01. The fourth-order valence-corrected chi connectivity index (χ4v) is 2.36. The molecular formula is C17H19ClN2O. The quantitative estimate of drug-likeness (QED) is 0.851. The van der Waals surface area contributed by atoms with Gasteiger partial charge in [0.1, 0.15) is 0 Å². The van der Waals surface area contributed by atoms with Gasteiger partial charge in [0.2, 0.25) is 5.91 Å². The van der Waals surface area contributed by atoms with Crippen LogP contribution in [0.1, 0.15) is 18.9 Å². The molecule has 4 heteroatoms. The number of nitrogens with zero attached hydrogens (tertiary/aromatic N) is 1. The van der Waals surface area contributed by atoms with Gasteiger partial charge in [0.15, 0.2) is 0 Å². The van der Waals surface area contributed by atoms with E-state index in [1.54, 1.807) is 11.0 Å². The summed E-state index contributed by atoms with van der Waals surface area (Å²) in [6.45, 7) is 2.64. The SMILES string of the molecule is CCN(C(=O)CCc1ccc(Cl)c(N)c1)c1ccccc1. The molecule has 21 heavy (non-hydrogen) atoms. The second kappa shape index (κ2) is 7.14. The highest BCUT2D eigenvalue weighted by Crippen LogP contribution is 2.21. The van der Waals surface area contributed by atoms with Crippen molar-refractivity contribution in [3.8, 4) is 0 Å². The van der Waals surface area contributed by atoms with E-state index in [0.717, 1.165) is 11.3 Å². The second-order valence-electron chi connectivity index (χ2n) is 4.83. The maximum atomic E-state index is 12.4. The molecule has 0 aliphatic rings. The third kappa shape index (κ3) is 3.99. The van der Waals surface area contributed by atoms with Crippen LogP contribution in [0.4, 0.5) is 11.4 Å². The van der Waals surface area contributed by atoms with E-state index in [9.17, 15) is 4.79 Å². The first-order valence-corrected chi connectivity index (χ1v) is 7.39. The highest BCUT2D eigenvalue weighted by Gasteiger charge is 2.13. The van der Waals surface area contributed by atoms with Gasteiger partial charge < -0.3 is 10.6 Å². The summed E-state index contributed by atoms with van der Waals surface area (Å²) in [5.41, 5.74) is 8.28. The van der Waals surface area contributed by atoms with E-state index in [-0.39, 0.29) is 5.91 Å². The van der Waals surface area contributed by atoms with Crippen molar-refractivity contribution >= 4 is 28.9 Å². The normalized spacial score (nSPS) is 10.4. The number of benzene rings is 2. The third-order valence-electron chi connectivity index (χ3n) is 3.37. The Hall–Kier alpha value is -2.00. The van der Waals surface area contributed by atoms with Crippen LogP contribution in [0.15, 0.2) is 48.5 Å². The van der Waals surface area contributed by atoms with Crippen molar-refractivity contribution in [3.63, 3.8) is 0 Å². The standard InChI is InChI=1S/C17H19ClN2O/c1-2-20(14-6-4-3-5-7-14)17(21)11-9-13-8-10-15(18)16(19)12-13/h3-8,10,12H,2,9,11,19H2,1H3. The first-order chi connectivity index (χ1) is 10.1. The number of nitrogen functional groups attached to an aromatic ring is 1. The largest absolute Gasteiger partial charge is 0.398 e. The average Bonchev–Trinajstić information content (AvgIpc) is 2.50. The molecule has 0 saturated heterocycles. The van der Waals surface area contributed by atoms with E-state index in [2.05, 4.69) is 0 Å². The number of nitrogens with two attached hydrogens (primary N) is 1. The lowest BCUT2D eigenvalue weighted by atomic mass is 10.1. The number of hydrogen-bond acceptors (Lipinski definition) is 2. The van der Waals surface area contributed by atoms with Gasteiger partial charge in [0.05, 0.1) is 10.7 Å². The van der Waals surface area contributed by atoms with Crippen LogP contribution in [0.3, 0.4) is 0 Å². The Balaban J connectivity index is 2.01. The molecule has 0 bridgehead atoms. The van der Waals surface area contributed by atoms with Crippen LogP contribution < -0.4 is 10.6 Å². The van der Waals surface area contributed by atoms with Gasteiger partial charge >= 0.3 is 0 Å². The van der Waals surface area contributed by atoms with Gasteiger partial charge in [-0.05, 0) is 43.2 Å². The minimum Gasteiger partial charge on any atom is -0.398 e. The molecule has 0 heterocycles. The van der Waals surface area contributed by atoms with E-state index in [1.165, 1.54) is 0 Å². The molecule has 0 fully saturated rings. The van der Waals surface area contributed by atoms with Gasteiger partial charge in [-0.1, -0.05) is 35.9 Å². The highest BCUT2D eigenvalue weighted by molar-refractivity contribution is 6.33. The zero-order valence-corrected chi connectivity index (χ0v) is 12.8. The number of rotatable bonds is 5. The smallest absolute Gasteiger partial charge is 0.227 e. The molecule has 110 valence electrons. The van der Waals surface area contributed by atoms with Crippen molar-refractivity contribution in [2.75, 3.05) is 17.2 Å². The van der Waals surface area contributed by atoms with Crippen LogP contribution in [0, 0.1) is 0 Å². The number of aryl methyl sites for hydroxylation is 1. The average molecular weight is 303 g/mol. The molecule has 2 aromatic carbocycles. The molecule has 0 aliphatic heterocycles. The van der Waals surface area contributed by atoms with Gasteiger partial charge in [-0.25, -0.2) is 0 Å². The van der Waals surface area contributed by atoms with E-state index in [4.69, 9.17) is 17.3 Å². The lowest BCUT2D eigenvalue weighted by Gasteiger charge is -2.21. The molecule has 2 aromatic rings. The summed E-state index contributed by atoms with van der Waals surface area (Å²) in [6.07, 6.45) is 1.10. The molecule has 0 aliphatic carbocycles. The number of halogens is 1. The number of carbonyl (C=O) groups is 1. The van der Waals surface area contributed by atoms with E-state index in [1.807, 2.05) is 49.4 Å². The molecule has 1 amide bonds. The Kier molecular flexibility index (Phi) is 5.23. The minimum atomic E-state index is 0.109. The Morgan fingerprint density at radius 2 is 1.90 bits per heavy atom. The van der Waals surface area contributed by atoms with Gasteiger partial charge in [-0.15, -0.1) is 0 Å². The van der Waals surface area contributed by atoms with Crippen molar-refractivity contribution in [2.24, 2.45) is 0 Å². The number of amides is 1. The Bertz CT molecular complexity index is 613. The summed E-state index contributed by atoms with van der Waals surface area (Å²) in [4.78, 5) is 14.2. The number of anilines is 2. The lowest BCUT2D eigenvalue weighted by molar-refractivity contribution is -0.118. The molecule has 0 unspecified atom stereocenters. The number of carbonyl (C=O) groups excluding carboxylic acids is 1. The van der Waals surface area contributed by atoms with Gasteiger partial charge in [-0.2, -0.15) is 0 Å². The Morgan fingerprint density at radius 3 is 2.52 bits per heavy atom. The van der Waals surface area contributed by atoms with E-state index in [0.29, 0.717) is 30.1 Å². The van der Waals surface area contributed by atoms with Crippen molar-refractivity contribution < 1.29 is 4.79 Å². The van der Waals surface area contributed by atoms with Crippen molar-refractivity contribution in [1.82, 2.24) is 0 Å². The molecule has 2 rings (SSSR count). The predicted molar refractivity (Wildman–Crippen MR) is 88.7 cm³/mol. The van der Waals surface area contributed by atoms with Crippen LogP contribution in [0.25, 0.3) is 0 Å². The second-order valence-corrected chi connectivity index (χ2v) is 5.24. The summed E-state index contributed by atoms with van der Waals surface area (Å²) >= 11 is 5.90. The van der Waals surface area contributed by atoms with Crippen molar-refractivity contribution in [2.45, 2.75) is 19.8 Å². The van der Waals surface area contributed by atoms with Crippen LogP contribution in [-0.4, -0.2) is 12.5 Å². The molecule has 0 atom stereocenters. The van der Waals surface area contributed by atoms with Crippen LogP contribution >= 0.6 is 11.6 Å². The number of para-hydroxylation sites is 1. The fraction of sp³-hybridized carbons (Fsp3) is 0.235. The van der Waals surface area contributed by atoms with Gasteiger partial charge in [0.25, 0.3) is 0 Å². The topological polar surface area (TPSA) is 46.3 Å². The maximum Gasteiger partial charge on any atom is 0.227 e. The zero-order valence-electron chi connectivity index (χ0n) is 12.1. The van der Waals surface area contributed by atoms with Crippen molar-refractivity contribution in [1.29, 1.82) is 0 Å². The van der Waals surface area contributed by atoms with Crippen molar-refractivity contribution in [3.05, 3.63) is 59.1 Å². The summed E-state index contributed by atoms with van der Waals surface area (Å²) in [7, 11) is 0. The highest BCUT2D eigenvalue weighted by atomic mass is 35.5. The molecule has 0 saturated carbocycles.